The molecule has 3 aliphatic heterocycles. The van der Waals surface area contributed by atoms with Crippen molar-refractivity contribution < 1.29 is 8.42 Å². The van der Waals surface area contributed by atoms with Crippen LogP contribution in [0.15, 0.2) is 12.3 Å². The largest absolute Gasteiger partial charge is 0.350 e. The number of nitrogens with one attached hydrogen (secondary N) is 1. The van der Waals surface area contributed by atoms with Crippen LogP contribution in [0.5, 0.6) is 0 Å². The third kappa shape index (κ3) is 3.65. The van der Waals surface area contributed by atoms with Gasteiger partial charge in [-0.3, -0.25) is 0 Å². The molecule has 0 radical (unpaired) electrons. The van der Waals surface area contributed by atoms with Crippen molar-refractivity contribution in [2.75, 3.05) is 67.1 Å². The standard InChI is InChI=1S/C17H28N6O2S/c1-2-21-7-3-8-22(11-10-21)17-19-5-4-16(20-17)23-9-6-18-14-12-26(24,25)13-15(14)23/h4-5,14-15,18H,2-3,6-13H2,1H3. The van der Waals surface area contributed by atoms with Gasteiger partial charge in [0.15, 0.2) is 9.84 Å². The Morgan fingerprint density at radius 1 is 1.19 bits per heavy atom. The van der Waals surface area contributed by atoms with Crippen LogP contribution in [-0.4, -0.2) is 92.7 Å². The summed E-state index contributed by atoms with van der Waals surface area (Å²) in [6.07, 6.45) is 2.92. The molecule has 3 aliphatic rings. The summed E-state index contributed by atoms with van der Waals surface area (Å²) in [7, 11) is -2.98. The lowest BCUT2D eigenvalue weighted by Crippen LogP contribution is -2.57. The molecule has 4 heterocycles. The smallest absolute Gasteiger partial charge is 0.227 e. The van der Waals surface area contributed by atoms with Gasteiger partial charge in [-0.2, -0.15) is 4.98 Å². The first-order valence-electron chi connectivity index (χ1n) is 9.56. The number of rotatable bonds is 3. The summed E-state index contributed by atoms with van der Waals surface area (Å²) < 4.78 is 24.1. The average molecular weight is 381 g/mol. The third-order valence-electron chi connectivity index (χ3n) is 5.72. The molecule has 0 amide bonds. The quantitative estimate of drug-likeness (QED) is 0.758. The molecule has 1 aromatic rings. The summed E-state index contributed by atoms with van der Waals surface area (Å²) in [6, 6.07) is 1.88. The molecule has 0 saturated carbocycles. The van der Waals surface area contributed by atoms with Crippen LogP contribution >= 0.6 is 0 Å². The lowest BCUT2D eigenvalue weighted by Gasteiger charge is -2.38. The molecule has 0 aromatic carbocycles. The van der Waals surface area contributed by atoms with E-state index in [1.165, 1.54) is 0 Å². The highest BCUT2D eigenvalue weighted by atomic mass is 32.2. The van der Waals surface area contributed by atoms with Crippen LogP contribution in [0.4, 0.5) is 11.8 Å². The molecule has 26 heavy (non-hydrogen) atoms. The first-order chi connectivity index (χ1) is 12.6. The minimum Gasteiger partial charge on any atom is -0.350 e. The van der Waals surface area contributed by atoms with E-state index < -0.39 is 9.84 Å². The van der Waals surface area contributed by atoms with Crippen LogP contribution in [0.2, 0.25) is 0 Å². The Morgan fingerprint density at radius 2 is 2.08 bits per heavy atom. The van der Waals surface area contributed by atoms with Gasteiger partial charge < -0.3 is 20.0 Å². The topological polar surface area (TPSA) is 81.7 Å². The van der Waals surface area contributed by atoms with E-state index in [1.54, 1.807) is 6.20 Å². The number of piperazine rings is 1. The third-order valence-corrected chi connectivity index (χ3v) is 7.44. The predicted molar refractivity (Wildman–Crippen MR) is 103 cm³/mol. The molecule has 2 unspecified atom stereocenters. The first-order valence-corrected chi connectivity index (χ1v) is 11.4. The second kappa shape index (κ2) is 7.28. The molecule has 144 valence electrons. The first kappa shape index (κ1) is 17.9. The van der Waals surface area contributed by atoms with Crippen LogP contribution in [-0.2, 0) is 9.84 Å². The van der Waals surface area contributed by atoms with Gasteiger partial charge in [-0.25, -0.2) is 13.4 Å². The average Bonchev–Trinajstić information content (AvgIpc) is 2.81. The van der Waals surface area contributed by atoms with Crippen molar-refractivity contribution in [2.45, 2.75) is 25.4 Å². The summed E-state index contributed by atoms with van der Waals surface area (Å²) in [4.78, 5) is 16.2. The van der Waals surface area contributed by atoms with Gasteiger partial charge in [-0.15, -0.1) is 0 Å². The van der Waals surface area contributed by atoms with Crippen molar-refractivity contribution in [3.63, 3.8) is 0 Å². The molecule has 4 rings (SSSR count). The van der Waals surface area contributed by atoms with Gasteiger partial charge in [0.25, 0.3) is 0 Å². The summed E-state index contributed by atoms with van der Waals surface area (Å²) >= 11 is 0. The fourth-order valence-electron chi connectivity index (χ4n) is 4.29. The Balaban J connectivity index is 1.54. The number of hydrogen-bond donors (Lipinski definition) is 1. The highest BCUT2D eigenvalue weighted by molar-refractivity contribution is 7.91. The number of sulfone groups is 1. The van der Waals surface area contributed by atoms with E-state index in [-0.39, 0.29) is 23.6 Å². The Labute approximate surface area is 155 Å². The van der Waals surface area contributed by atoms with E-state index in [1.807, 2.05) is 6.07 Å². The van der Waals surface area contributed by atoms with Crippen molar-refractivity contribution in [3.8, 4) is 0 Å². The Morgan fingerprint density at radius 3 is 2.92 bits per heavy atom. The maximum atomic E-state index is 12.1. The summed E-state index contributed by atoms with van der Waals surface area (Å²) in [6.45, 7) is 8.87. The molecule has 2 atom stereocenters. The Bertz CT molecular complexity index is 743. The van der Waals surface area contributed by atoms with Gasteiger partial charge in [-0.05, 0) is 25.6 Å². The fourth-order valence-corrected chi connectivity index (χ4v) is 6.25. The molecule has 1 aromatic heterocycles. The van der Waals surface area contributed by atoms with Crippen LogP contribution in [0.3, 0.4) is 0 Å². The van der Waals surface area contributed by atoms with E-state index >= 15 is 0 Å². The number of likely N-dealkylation sites (N-methyl/N-ethyl adjacent to an activating group) is 1. The van der Waals surface area contributed by atoms with E-state index in [2.05, 4.69) is 31.9 Å². The van der Waals surface area contributed by atoms with Crippen LogP contribution in [0, 0.1) is 0 Å². The number of hydrogen-bond acceptors (Lipinski definition) is 8. The van der Waals surface area contributed by atoms with Crippen molar-refractivity contribution in [1.29, 1.82) is 0 Å². The van der Waals surface area contributed by atoms with E-state index in [9.17, 15) is 8.42 Å². The molecule has 1 N–H and O–H groups in total. The molecule has 0 bridgehead atoms. The normalized spacial score (nSPS) is 29.4. The monoisotopic (exact) mass is 380 g/mol. The van der Waals surface area contributed by atoms with Gasteiger partial charge in [0.2, 0.25) is 5.95 Å². The van der Waals surface area contributed by atoms with E-state index in [0.717, 1.165) is 64.0 Å². The Hall–Kier alpha value is -1.45. The fraction of sp³-hybridized carbons (Fsp3) is 0.765. The predicted octanol–water partition coefficient (Wildman–Crippen LogP) is -0.416. The molecule has 8 nitrogen and oxygen atoms in total. The van der Waals surface area contributed by atoms with Gasteiger partial charge in [-0.1, -0.05) is 6.92 Å². The Kier molecular flexibility index (Phi) is 5.02. The highest BCUT2D eigenvalue weighted by Crippen LogP contribution is 2.26. The van der Waals surface area contributed by atoms with Gasteiger partial charge >= 0.3 is 0 Å². The molecular weight excluding hydrogens is 352 g/mol. The maximum Gasteiger partial charge on any atom is 0.227 e. The lowest BCUT2D eigenvalue weighted by molar-refractivity contribution is 0.310. The van der Waals surface area contributed by atoms with Crippen molar-refractivity contribution in [3.05, 3.63) is 12.3 Å². The van der Waals surface area contributed by atoms with Gasteiger partial charge in [0, 0.05) is 45.0 Å². The minimum absolute atomic E-state index is 0.00321. The summed E-state index contributed by atoms with van der Waals surface area (Å²) in [5.74, 6) is 2.04. The van der Waals surface area contributed by atoms with Gasteiger partial charge in [0.05, 0.1) is 17.5 Å². The zero-order valence-corrected chi connectivity index (χ0v) is 16.2. The minimum atomic E-state index is -2.98. The molecule has 3 saturated heterocycles. The van der Waals surface area contributed by atoms with Crippen LogP contribution in [0.1, 0.15) is 13.3 Å². The van der Waals surface area contributed by atoms with Gasteiger partial charge in [0.1, 0.15) is 5.82 Å². The molecular formula is C17H28N6O2S. The zero-order valence-electron chi connectivity index (χ0n) is 15.3. The number of aromatic nitrogens is 2. The molecule has 3 fully saturated rings. The molecule has 0 spiro atoms. The van der Waals surface area contributed by atoms with Crippen LogP contribution in [0.25, 0.3) is 0 Å². The van der Waals surface area contributed by atoms with Crippen molar-refractivity contribution in [2.24, 2.45) is 0 Å². The number of fused-ring (bicyclic) bond motifs is 1. The summed E-state index contributed by atoms with van der Waals surface area (Å²) in [5, 5.41) is 3.35. The maximum absolute atomic E-state index is 12.1. The number of anilines is 2. The van der Waals surface area contributed by atoms with Crippen molar-refractivity contribution >= 4 is 21.6 Å². The zero-order chi connectivity index (χ0) is 18.1. The number of nitrogens with zero attached hydrogens (tertiary/aromatic N) is 5. The van der Waals surface area contributed by atoms with E-state index in [4.69, 9.17) is 4.98 Å². The highest BCUT2D eigenvalue weighted by Gasteiger charge is 2.43. The molecule has 0 aliphatic carbocycles. The second-order valence-electron chi connectivity index (χ2n) is 7.39. The second-order valence-corrected chi connectivity index (χ2v) is 9.54. The van der Waals surface area contributed by atoms with E-state index in [0.29, 0.717) is 0 Å². The van der Waals surface area contributed by atoms with Crippen molar-refractivity contribution in [1.82, 2.24) is 20.2 Å². The summed E-state index contributed by atoms with van der Waals surface area (Å²) in [5.41, 5.74) is 0. The lowest BCUT2D eigenvalue weighted by atomic mass is 10.1. The molecule has 9 heteroatoms. The SMILES string of the molecule is CCN1CCCN(c2nccc(N3CCNC4CS(=O)(=O)CC43)n2)CC1. The van der Waals surface area contributed by atoms with Crippen LogP contribution < -0.4 is 15.1 Å².